The quantitative estimate of drug-likeness (QED) is 0.871. The highest BCUT2D eigenvalue weighted by atomic mass is 32.1. The molecule has 0 saturated carbocycles. The molecular weight excluding hydrogens is 270 g/mol. The molecular formula is C16H19NO2S. The first-order valence-electron chi connectivity index (χ1n) is 6.61. The van der Waals surface area contributed by atoms with Gasteiger partial charge in [-0.25, -0.2) is 4.79 Å². The number of thiophene rings is 1. The number of rotatable bonds is 5. The van der Waals surface area contributed by atoms with Crippen LogP contribution in [0.2, 0.25) is 0 Å². The summed E-state index contributed by atoms with van der Waals surface area (Å²) in [7, 11) is 0. The lowest BCUT2D eigenvalue weighted by Crippen LogP contribution is -2.17. The van der Waals surface area contributed by atoms with Gasteiger partial charge in [0.05, 0.1) is 5.56 Å². The molecule has 0 fully saturated rings. The zero-order valence-corrected chi connectivity index (χ0v) is 12.8. The van der Waals surface area contributed by atoms with Gasteiger partial charge < -0.3 is 10.4 Å². The van der Waals surface area contributed by atoms with Gasteiger partial charge in [0, 0.05) is 27.9 Å². The third-order valence-corrected chi connectivity index (χ3v) is 4.20. The van der Waals surface area contributed by atoms with Crippen LogP contribution < -0.4 is 5.32 Å². The number of anilines is 1. The predicted octanol–water partition coefficient (Wildman–Crippen LogP) is 4.11. The highest BCUT2D eigenvalue weighted by molar-refractivity contribution is 7.11. The summed E-state index contributed by atoms with van der Waals surface area (Å²) in [6.45, 7) is 6.07. The Morgan fingerprint density at radius 2 is 2.05 bits per heavy atom. The number of aromatic carboxylic acids is 1. The minimum Gasteiger partial charge on any atom is -0.478 e. The SMILES string of the molecule is Cc1ccc(CC(C)Nc2ccc(C(=O)O)c(C)c2)s1. The van der Waals surface area contributed by atoms with Crippen LogP contribution in [0.4, 0.5) is 5.69 Å². The standard InChI is InChI=1S/C16H19NO2S/c1-10-8-13(5-7-15(10)16(18)19)17-11(2)9-14-6-4-12(3)20-14/h4-8,11,17H,9H2,1-3H3,(H,18,19). The van der Waals surface area contributed by atoms with E-state index in [2.05, 4.69) is 31.3 Å². The third kappa shape index (κ3) is 3.61. The van der Waals surface area contributed by atoms with E-state index < -0.39 is 5.97 Å². The molecule has 0 amide bonds. The van der Waals surface area contributed by atoms with E-state index in [0.717, 1.165) is 17.7 Å². The Bertz CT molecular complexity index is 619. The maximum Gasteiger partial charge on any atom is 0.335 e. The second kappa shape index (κ2) is 6.09. The first kappa shape index (κ1) is 14.6. The minimum atomic E-state index is -0.879. The minimum absolute atomic E-state index is 0.308. The number of carboxylic acid groups (broad SMARTS) is 1. The summed E-state index contributed by atoms with van der Waals surface area (Å²) in [5.41, 5.74) is 2.10. The molecule has 106 valence electrons. The summed E-state index contributed by atoms with van der Waals surface area (Å²) in [6.07, 6.45) is 0.970. The Morgan fingerprint density at radius 3 is 2.60 bits per heavy atom. The molecule has 3 nitrogen and oxygen atoms in total. The van der Waals surface area contributed by atoms with Crippen molar-refractivity contribution in [2.45, 2.75) is 33.2 Å². The molecule has 0 saturated heterocycles. The van der Waals surface area contributed by atoms with Crippen LogP contribution >= 0.6 is 11.3 Å². The van der Waals surface area contributed by atoms with Gasteiger partial charge in [-0.1, -0.05) is 0 Å². The van der Waals surface area contributed by atoms with E-state index in [1.165, 1.54) is 9.75 Å². The number of carbonyl (C=O) groups is 1. The van der Waals surface area contributed by atoms with Crippen LogP contribution in [0, 0.1) is 13.8 Å². The summed E-state index contributed by atoms with van der Waals surface area (Å²) < 4.78 is 0. The average Bonchev–Trinajstić information content (AvgIpc) is 2.74. The first-order chi connectivity index (χ1) is 9.45. The van der Waals surface area contributed by atoms with E-state index in [1.54, 1.807) is 6.07 Å². The van der Waals surface area contributed by atoms with Gasteiger partial charge in [-0.15, -0.1) is 11.3 Å². The lowest BCUT2D eigenvalue weighted by Gasteiger charge is -2.15. The average molecular weight is 289 g/mol. The van der Waals surface area contributed by atoms with Gasteiger partial charge in [0.1, 0.15) is 0 Å². The van der Waals surface area contributed by atoms with Crippen molar-refractivity contribution in [1.82, 2.24) is 0 Å². The number of carboxylic acids is 1. The van der Waals surface area contributed by atoms with Gasteiger partial charge in [0.2, 0.25) is 0 Å². The third-order valence-electron chi connectivity index (χ3n) is 3.17. The van der Waals surface area contributed by atoms with Crippen LogP contribution in [0.1, 0.15) is 32.6 Å². The van der Waals surface area contributed by atoms with Crippen LogP contribution in [0.5, 0.6) is 0 Å². The van der Waals surface area contributed by atoms with Crippen molar-refractivity contribution in [3.05, 3.63) is 51.2 Å². The summed E-state index contributed by atoms with van der Waals surface area (Å²) in [4.78, 5) is 13.7. The van der Waals surface area contributed by atoms with Gasteiger partial charge in [0.15, 0.2) is 0 Å². The Balaban J connectivity index is 2.02. The molecule has 4 heteroatoms. The second-order valence-electron chi connectivity index (χ2n) is 5.10. The van der Waals surface area contributed by atoms with E-state index in [9.17, 15) is 4.79 Å². The van der Waals surface area contributed by atoms with E-state index in [4.69, 9.17) is 5.11 Å². The highest BCUT2D eigenvalue weighted by Crippen LogP contribution is 2.20. The molecule has 20 heavy (non-hydrogen) atoms. The Morgan fingerprint density at radius 1 is 1.30 bits per heavy atom. The van der Waals surface area contributed by atoms with Crippen molar-refractivity contribution in [1.29, 1.82) is 0 Å². The molecule has 0 radical (unpaired) electrons. The predicted molar refractivity (Wildman–Crippen MR) is 84.0 cm³/mol. The number of benzene rings is 1. The van der Waals surface area contributed by atoms with Gasteiger partial charge in [-0.05, 0) is 56.7 Å². The summed E-state index contributed by atoms with van der Waals surface area (Å²) in [5, 5.41) is 12.4. The van der Waals surface area contributed by atoms with Crippen LogP contribution in [0.3, 0.4) is 0 Å². The normalized spacial score (nSPS) is 12.2. The van der Waals surface area contributed by atoms with Gasteiger partial charge in [-0.2, -0.15) is 0 Å². The molecule has 1 aromatic carbocycles. The molecule has 0 aliphatic heterocycles. The molecule has 0 aliphatic carbocycles. The summed E-state index contributed by atoms with van der Waals surface area (Å²) in [6, 6.07) is 9.98. The van der Waals surface area contributed by atoms with Crippen LogP contribution in [-0.2, 0) is 6.42 Å². The number of aryl methyl sites for hydroxylation is 2. The van der Waals surface area contributed by atoms with E-state index in [0.29, 0.717) is 11.6 Å². The summed E-state index contributed by atoms with van der Waals surface area (Å²) in [5.74, 6) is -0.879. The molecule has 0 bridgehead atoms. The first-order valence-corrected chi connectivity index (χ1v) is 7.43. The molecule has 1 heterocycles. The lowest BCUT2D eigenvalue weighted by molar-refractivity contribution is 0.0696. The smallest absolute Gasteiger partial charge is 0.335 e. The van der Waals surface area contributed by atoms with Gasteiger partial charge in [-0.3, -0.25) is 0 Å². The van der Waals surface area contributed by atoms with Crippen LogP contribution in [0.25, 0.3) is 0 Å². The van der Waals surface area contributed by atoms with Crippen molar-refractivity contribution >= 4 is 23.0 Å². The number of hydrogen-bond donors (Lipinski definition) is 2. The molecule has 1 atom stereocenters. The fourth-order valence-corrected chi connectivity index (χ4v) is 3.24. The van der Waals surface area contributed by atoms with Crippen molar-refractivity contribution in [2.24, 2.45) is 0 Å². The van der Waals surface area contributed by atoms with Gasteiger partial charge >= 0.3 is 5.97 Å². The second-order valence-corrected chi connectivity index (χ2v) is 6.47. The van der Waals surface area contributed by atoms with Crippen molar-refractivity contribution in [2.75, 3.05) is 5.32 Å². The van der Waals surface area contributed by atoms with Gasteiger partial charge in [0.25, 0.3) is 0 Å². The Hall–Kier alpha value is -1.81. The zero-order valence-electron chi connectivity index (χ0n) is 11.9. The van der Waals surface area contributed by atoms with E-state index >= 15 is 0 Å². The maximum atomic E-state index is 11.0. The number of hydrogen-bond acceptors (Lipinski definition) is 3. The lowest BCUT2D eigenvalue weighted by atomic mass is 10.1. The van der Waals surface area contributed by atoms with Crippen molar-refractivity contribution in [3.63, 3.8) is 0 Å². The molecule has 2 aromatic rings. The molecule has 2 N–H and O–H groups in total. The van der Waals surface area contributed by atoms with Crippen molar-refractivity contribution in [3.8, 4) is 0 Å². The van der Waals surface area contributed by atoms with Crippen LogP contribution in [0.15, 0.2) is 30.3 Å². The zero-order chi connectivity index (χ0) is 14.7. The number of nitrogens with one attached hydrogen (secondary N) is 1. The molecule has 1 unspecified atom stereocenters. The molecule has 1 aromatic heterocycles. The monoisotopic (exact) mass is 289 g/mol. The maximum absolute atomic E-state index is 11.0. The summed E-state index contributed by atoms with van der Waals surface area (Å²) >= 11 is 1.82. The van der Waals surface area contributed by atoms with E-state index in [-0.39, 0.29) is 0 Å². The van der Waals surface area contributed by atoms with Crippen molar-refractivity contribution < 1.29 is 9.90 Å². The Labute approximate surface area is 123 Å². The Kier molecular flexibility index (Phi) is 4.45. The molecule has 2 rings (SSSR count). The fourth-order valence-electron chi connectivity index (χ4n) is 2.23. The fraction of sp³-hybridized carbons (Fsp3) is 0.312. The molecule has 0 spiro atoms. The highest BCUT2D eigenvalue weighted by Gasteiger charge is 2.09. The van der Waals surface area contributed by atoms with E-state index in [1.807, 2.05) is 30.4 Å². The topological polar surface area (TPSA) is 49.3 Å². The molecule has 0 aliphatic rings. The largest absolute Gasteiger partial charge is 0.478 e. The van der Waals surface area contributed by atoms with Crippen LogP contribution in [-0.4, -0.2) is 17.1 Å².